The van der Waals surface area contributed by atoms with Crippen molar-refractivity contribution in [1.29, 1.82) is 0 Å². The molecule has 0 aliphatic carbocycles. The maximum Gasteiger partial charge on any atom is 0.337 e. The van der Waals surface area contributed by atoms with Crippen LogP contribution in [0.4, 0.5) is 0 Å². The minimum Gasteiger partial charge on any atom is -0.466 e. The van der Waals surface area contributed by atoms with Crippen LogP contribution >= 0.6 is 11.8 Å². The number of carbonyl (C=O) groups is 2. The van der Waals surface area contributed by atoms with Crippen LogP contribution < -0.4 is 5.32 Å². The molecule has 30 heavy (non-hydrogen) atoms. The molecule has 2 aromatic rings. The molecule has 0 spiro atoms. The van der Waals surface area contributed by atoms with Crippen LogP contribution in [-0.2, 0) is 24.8 Å². The fourth-order valence-electron chi connectivity index (χ4n) is 3.97. The molecule has 0 aromatic heterocycles. The number of cyclic esters (lactones) is 1. The van der Waals surface area contributed by atoms with Crippen molar-refractivity contribution in [1.82, 2.24) is 5.32 Å². The molecule has 1 unspecified atom stereocenters. The highest BCUT2D eigenvalue weighted by Gasteiger charge is 2.42. The highest BCUT2D eigenvalue weighted by atomic mass is 32.2. The number of rotatable bonds is 5. The minimum atomic E-state index is -0.523. The molecule has 2 aliphatic heterocycles. The summed E-state index contributed by atoms with van der Waals surface area (Å²) >= 11 is 1.69. The number of nitrogens with one attached hydrogen (secondary N) is 1. The first-order chi connectivity index (χ1) is 14.5. The van der Waals surface area contributed by atoms with Gasteiger partial charge in [0.2, 0.25) is 0 Å². The smallest absolute Gasteiger partial charge is 0.337 e. The Morgan fingerprint density at radius 2 is 2.00 bits per heavy atom. The lowest BCUT2D eigenvalue weighted by molar-refractivity contribution is -0.136. The van der Waals surface area contributed by atoms with Gasteiger partial charge in [-0.25, -0.2) is 9.59 Å². The van der Waals surface area contributed by atoms with Crippen LogP contribution in [0.1, 0.15) is 29.5 Å². The topological polar surface area (TPSA) is 64.6 Å². The number of hydrogen-bond acceptors (Lipinski definition) is 6. The average Bonchev–Trinajstić information content (AvgIpc) is 3.11. The third-order valence-corrected chi connectivity index (χ3v) is 6.48. The fraction of sp³-hybridized carbons (Fsp3) is 0.250. The van der Waals surface area contributed by atoms with E-state index in [1.807, 2.05) is 31.2 Å². The van der Waals surface area contributed by atoms with Gasteiger partial charge in [-0.2, -0.15) is 0 Å². The third-order valence-electron chi connectivity index (χ3n) is 5.32. The first-order valence-electron chi connectivity index (χ1n) is 9.73. The van der Waals surface area contributed by atoms with Crippen molar-refractivity contribution in [2.24, 2.45) is 0 Å². The Balaban J connectivity index is 1.76. The standard InChI is InChI=1S/C24H23NO4S/c1-14-7-6-8-16(11-14)13-30-19-10-5-4-9-17(19)21-20(23(26)28-3)15(2)25-18-12-29-24(27)22(18)21/h4-11,21,25H,12-13H2,1-3H3. The second-order valence-corrected chi connectivity index (χ2v) is 8.39. The number of benzene rings is 2. The lowest BCUT2D eigenvalue weighted by atomic mass is 9.81. The number of dihydropyridines is 1. The first-order valence-corrected chi connectivity index (χ1v) is 10.7. The van der Waals surface area contributed by atoms with E-state index in [4.69, 9.17) is 9.47 Å². The van der Waals surface area contributed by atoms with Crippen molar-refractivity contribution in [3.05, 3.63) is 87.8 Å². The molecule has 2 aliphatic rings. The summed E-state index contributed by atoms with van der Waals surface area (Å²) in [6, 6.07) is 16.3. The van der Waals surface area contributed by atoms with Gasteiger partial charge in [0.15, 0.2) is 0 Å². The zero-order chi connectivity index (χ0) is 21.3. The van der Waals surface area contributed by atoms with Gasteiger partial charge >= 0.3 is 11.9 Å². The molecule has 0 saturated carbocycles. The van der Waals surface area contributed by atoms with Crippen LogP contribution in [0, 0.1) is 6.92 Å². The molecule has 6 heteroatoms. The van der Waals surface area contributed by atoms with Gasteiger partial charge in [-0.3, -0.25) is 0 Å². The molecule has 1 atom stereocenters. The summed E-state index contributed by atoms with van der Waals surface area (Å²) in [5, 5.41) is 3.16. The van der Waals surface area contributed by atoms with E-state index in [9.17, 15) is 9.59 Å². The summed E-state index contributed by atoms with van der Waals surface area (Å²) in [5.41, 5.74) is 5.68. The zero-order valence-corrected chi connectivity index (χ0v) is 18.0. The molecule has 0 radical (unpaired) electrons. The SMILES string of the molecule is COC(=O)C1=C(C)NC2=C(C(=O)OC2)C1c1ccccc1SCc1cccc(C)c1. The van der Waals surface area contributed by atoms with E-state index in [1.165, 1.54) is 18.2 Å². The monoisotopic (exact) mass is 421 g/mol. The van der Waals surface area contributed by atoms with Crippen molar-refractivity contribution < 1.29 is 19.1 Å². The normalized spacial score (nSPS) is 18.1. The van der Waals surface area contributed by atoms with E-state index >= 15 is 0 Å². The molecule has 0 amide bonds. The third kappa shape index (κ3) is 3.75. The Bertz CT molecular complexity index is 1090. The number of allylic oxidation sites excluding steroid dienone is 1. The van der Waals surface area contributed by atoms with Gasteiger partial charge in [0.25, 0.3) is 0 Å². The van der Waals surface area contributed by atoms with Crippen molar-refractivity contribution in [3.63, 3.8) is 0 Å². The van der Waals surface area contributed by atoms with E-state index < -0.39 is 17.9 Å². The van der Waals surface area contributed by atoms with Gasteiger partial charge in [0, 0.05) is 16.3 Å². The molecular weight excluding hydrogens is 398 g/mol. The van der Waals surface area contributed by atoms with E-state index in [1.54, 1.807) is 11.8 Å². The van der Waals surface area contributed by atoms with E-state index in [0.717, 1.165) is 16.2 Å². The number of thioether (sulfide) groups is 1. The second kappa shape index (κ2) is 8.40. The maximum absolute atomic E-state index is 12.7. The van der Waals surface area contributed by atoms with Gasteiger partial charge in [-0.05, 0) is 31.0 Å². The Labute approximate surface area is 180 Å². The summed E-state index contributed by atoms with van der Waals surface area (Å²) in [6.07, 6.45) is 0. The molecule has 154 valence electrons. The molecule has 2 aromatic carbocycles. The van der Waals surface area contributed by atoms with Gasteiger partial charge in [0.1, 0.15) is 6.61 Å². The fourth-order valence-corrected chi connectivity index (χ4v) is 5.00. The van der Waals surface area contributed by atoms with Gasteiger partial charge in [-0.15, -0.1) is 11.8 Å². The lowest BCUT2D eigenvalue weighted by Gasteiger charge is -2.28. The molecule has 4 rings (SSSR count). The van der Waals surface area contributed by atoms with Crippen LogP contribution in [0.3, 0.4) is 0 Å². The number of hydrogen-bond donors (Lipinski definition) is 1. The summed E-state index contributed by atoms with van der Waals surface area (Å²) in [4.78, 5) is 26.3. The molecule has 1 N–H and O–H groups in total. The highest BCUT2D eigenvalue weighted by Crippen LogP contribution is 2.44. The molecule has 0 fully saturated rings. The Kier molecular flexibility index (Phi) is 5.68. The Morgan fingerprint density at radius 1 is 1.20 bits per heavy atom. The van der Waals surface area contributed by atoms with Crippen molar-refractivity contribution >= 4 is 23.7 Å². The molecule has 2 heterocycles. The predicted molar refractivity (Wildman–Crippen MR) is 116 cm³/mol. The summed E-state index contributed by atoms with van der Waals surface area (Å²) in [7, 11) is 1.36. The first kappa shape index (κ1) is 20.3. The molecule has 0 bridgehead atoms. The lowest BCUT2D eigenvalue weighted by Crippen LogP contribution is -2.30. The number of carbonyl (C=O) groups excluding carboxylic acids is 2. The Hall–Kier alpha value is -2.99. The average molecular weight is 422 g/mol. The molecule has 5 nitrogen and oxygen atoms in total. The highest BCUT2D eigenvalue weighted by molar-refractivity contribution is 7.98. The Morgan fingerprint density at radius 3 is 2.77 bits per heavy atom. The van der Waals surface area contributed by atoms with E-state index in [0.29, 0.717) is 22.5 Å². The summed E-state index contributed by atoms with van der Waals surface area (Å²) < 4.78 is 10.3. The van der Waals surface area contributed by atoms with E-state index in [-0.39, 0.29) is 6.61 Å². The van der Waals surface area contributed by atoms with Gasteiger partial charge in [-0.1, -0.05) is 48.0 Å². The second-order valence-electron chi connectivity index (χ2n) is 7.37. The van der Waals surface area contributed by atoms with Crippen LogP contribution in [0.25, 0.3) is 0 Å². The van der Waals surface area contributed by atoms with Gasteiger partial charge in [0.05, 0.1) is 29.9 Å². The van der Waals surface area contributed by atoms with Crippen LogP contribution in [0.2, 0.25) is 0 Å². The number of methoxy groups -OCH3 is 1. The van der Waals surface area contributed by atoms with Crippen molar-refractivity contribution in [3.8, 4) is 0 Å². The maximum atomic E-state index is 12.7. The van der Waals surface area contributed by atoms with Crippen molar-refractivity contribution in [2.75, 3.05) is 13.7 Å². The minimum absolute atomic E-state index is 0.190. The summed E-state index contributed by atoms with van der Waals surface area (Å²) in [5.74, 6) is -0.578. The molecular formula is C24H23NO4S. The predicted octanol–water partition coefficient (Wildman–Crippen LogP) is 4.23. The number of ether oxygens (including phenoxy) is 2. The summed E-state index contributed by atoms with van der Waals surface area (Å²) in [6.45, 7) is 4.09. The number of esters is 2. The largest absolute Gasteiger partial charge is 0.466 e. The van der Waals surface area contributed by atoms with Gasteiger partial charge < -0.3 is 14.8 Å². The van der Waals surface area contributed by atoms with Crippen molar-refractivity contribution in [2.45, 2.75) is 30.4 Å². The zero-order valence-electron chi connectivity index (χ0n) is 17.2. The number of aryl methyl sites for hydroxylation is 1. The van der Waals surface area contributed by atoms with Crippen LogP contribution in [0.5, 0.6) is 0 Å². The van der Waals surface area contributed by atoms with Crippen LogP contribution in [0.15, 0.2) is 76.0 Å². The van der Waals surface area contributed by atoms with Crippen LogP contribution in [-0.4, -0.2) is 25.7 Å². The molecule has 0 saturated heterocycles. The quantitative estimate of drug-likeness (QED) is 0.576. The van der Waals surface area contributed by atoms with E-state index in [2.05, 4.69) is 36.5 Å².